The number of rotatable bonds is 0. The van der Waals surface area contributed by atoms with Crippen molar-refractivity contribution in [3.05, 3.63) is 0 Å². The second kappa shape index (κ2) is 1.56. The predicted molar refractivity (Wildman–Crippen MR) is 40.9 cm³/mol. The van der Waals surface area contributed by atoms with Crippen LogP contribution in [0, 0.1) is 5.41 Å². The molecule has 0 aliphatic heterocycles. The van der Waals surface area contributed by atoms with Gasteiger partial charge in [0.15, 0.2) is 0 Å². The van der Waals surface area contributed by atoms with Crippen LogP contribution in [0.25, 0.3) is 0 Å². The SMILES string of the molecule is CC1(C)C(Br)C1(Cl)Cl. The molecule has 1 saturated carbocycles. The molecule has 0 N–H and O–H groups in total. The normalized spacial score (nSPS) is 39.4. The van der Waals surface area contributed by atoms with Crippen molar-refractivity contribution in [2.24, 2.45) is 5.41 Å². The van der Waals surface area contributed by atoms with Gasteiger partial charge in [0, 0.05) is 5.41 Å². The summed E-state index contributed by atoms with van der Waals surface area (Å²) in [5.41, 5.74) is 0.0517. The van der Waals surface area contributed by atoms with Crippen LogP contribution in [0.1, 0.15) is 13.8 Å². The minimum absolute atomic E-state index is 0.0517. The van der Waals surface area contributed by atoms with E-state index in [4.69, 9.17) is 23.2 Å². The van der Waals surface area contributed by atoms with E-state index in [-0.39, 0.29) is 10.2 Å². The Morgan fingerprint density at radius 2 is 1.50 bits per heavy atom. The van der Waals surface area contributed by atoms with Gasteiger partial charge in [0.1, 0.15) is 4.33 Å². The van der Waals surface area contributed by atoms with E-state index in [1.807, 2.05) is 13.8 Å². The molecule has 1 unspecified atom stereocenters. The van der Waals surface area contributed by atoms with E-state index in [1.165, 1.54) is 0 Å². The molecule has 1 aliphatic rings. The van der Waals surface area contributed by atoms with Gasteiger partial charge in [-0.15, -0.1) is 0 Å². The van der Waals surface area contributed by atoms with E-state index >= 15 is 0 Å². The first kappa shape index (κ1) is 7.17. The maximum Gasteiger partial charge on any atom is 0.137 e. The molecule has 0 bridgehead atoms. The molecule has 0 aromatic rings. The Morgan fingerprint density at radius 3 is 1.50 bits per heavy atom. The second-order valence-corrected chi connectivity index (χ2v) is 5.01. The van der Waals surface area contributed by atoms with Gasteiger partial charge in [-0.2, -0.15) is 0 Å². The Hall–Kier alpha value is 1.06. The molecule has 0 amide bonds. The van der Waals surface area contributed by atoms with Gasteiger partial charge in [-0.05, 0) is 0 Å². The van der Waals surface area contributed by atoms with Gasteiger partial charge in [0.2, 0.25) is 0 Å². The number of hydrogen-bond donors (Lipinski definition) is 0. The summed E-state index contributed by atoms with van der Waals surface area (Å²) in [4.78, 5) is 0.255. The summed E-state index contributed by atoms with van der Waals surface area (Å²) in [6.07, 6.45) is 0. The standard InChI is InChI=1S/C5H7BrCl2/c1-4(2)3(6)5(4,7)8/h3H,1-2H3. The van der Waals surface area contributed by atoms with Crippen molar-refractivity contribution in [1.82, 2.24) is 0 Å². The Morgan fingerprint density at radius 1 is 1.38 bits per heavy atom. The monoisotopic (exact) mass is 216 g/mol. The van der Waals surface area contributed by atoms with E-state index in [0.29, 0.717) is 0 Å². The van der Waals surface area contributed by atoms with Crippen LogP contribution >= 0.6 is 39.1 Å². The van der Waals surface area contributed by atoms with E-state index in [0.717, 1.165) is 0 Å². The van der Waals surface area contributed by atoms with Crippen molar-refractivity contribution in [2.75, 3.05) is 0 Å². The van der Waals surface area contributed by atoms with E-state index in [2.05, 4.69) is 15.9 Å². The highest BCUT2D eigenvalue weighted by Gasteiger charge is 2.69. The molecule has 48 valence electrons. The first-order valence-corrected chi connectivity index (χ1v) is 4.10. The first-order valence-electron chi connectivity index (χ1n) is 2.42. The fraction of sp³-hybridized carbons (Fsp3) is 1.00. The van der Waals surface area contributed by atoms with Crippen LogP contribution in [0.5, 0.6) is 0 Å². The molecule has 1 fully saturated rings. The fourth-order valence-electron chi connectivity index (χ4n) is 0.599. The largest absolute Gasteiger partial charge is 0.137 e. The van der Waals surface area contributed by atoms with Crippen molar-refractivity contribution in [1.29, 1.82) is 0 Å². The Kier molecular flexibility index (Phi) is 1.40. The number of halogens is 3. The van der Waals surface area contributed by atoms with Gasteiger partial charge in [-0.3, -0.25) is 0 Å². The molecule has 0 heterocycles. The van der Waals surface area contributed by atoms with Crippen LogP contribution in [0.15, 0.2) is 0 Å². The molecule has 0 saturated heterocycles. The zero-order chi connectivity index (χ0) is 6.58. The second-order valence-electron chi connectivity index (χ2n) is 2.71. The van der Waals surface area contributed by atoms with Gasteiger partial charge in [-0.1, -0.05) is 53.0 Å². The molecule has 0 spiro atoms. The van der Waals surface area contributed by atoms with Crippen LogP contribution in [0.3, 0.4) is 0 Å². The predicted octanol–water partition coefficient (Wildman–Crippen LogP) is 2.96. The highest BCUT2D eigenvalue weighted by Crippen LogP contribution is 2.67. The maximum atomic E-state index is 5.80. The Labute approximate surface area is 67.7 Å². The lowest BCUT2D eigenvalue weighted by Crippen LogP contribution is -1.96. The number of hydrogen-bond acceptors (Lipinski definition) is 0. The summed E-state index contributed by atoms with van der Waals surface area (Å²) in [6, 6.07) is 0. The van der Waals surface area contributed by atoms with Gasteiger partial charge in [-0.25, -0.2) is 0 Å². The highest BCUT2D eigenvalue weighted by molar-refractivity contribution is 9.09. The summed E-state index contributed by atoms with van der Waals surface area (Å²) in [6.45, 7) is 4.07. The van der Waals surface area contributed by atoms with Crippen molar-refractivity contribution < 1.29 is 0 Å². The van der Waals surface area contributed by atoms with Gasteiger partial charge in [0.05, 0.1) is 4.83 Å². The molecule has 0 aromatic carbocycles. The summed E-state index contributed by atoms with van der Waals surface area (Å²) in [5, 5.41) is 0. The average molecular weight is 218 g/mol. The zero-order valence-corrected chi connectivity index (χ0v) is 7.81. The van der Waals surface area contributed by atoms with E-state index in [9.17, 15) is 0 Å². The lowest BCUT2D eigenvalue weighted by molar-refractivity contribution is 0.646. The minimum atomic E-state index is -0.535. The lowest BCUT2D eigenvalue weighted by atomic mass is 10.2. The Balaban J connectivity index is 2.72. The third-order valence-electron chi connectivity index (χ3n) is 1.73. The molecule has 0 radical (unpaired) electrons. The highest BCUT2D eigenvalue weighted by atomic mass is 79.9. The van der Waals surface area contributed by atoms with Crippen molar-refractivity contribution in [2.45, 2.75) is 23.0 Å². The van der Waals surface area contributed by atoms with E-state index in [1.54, 1.807) is 0 Å². The van der Waals surface area contributed by atoms with Gasteiger partial charge in [0.25, 0.3) is 0 Å². The van der Waals surface area contributed by atoms with Crippen LogP contribution in [-0.4, -0.2) is 9.16 Å². The summed E-state index contributed by atoms with van der Waals surface area (Å²) >= 11 is 15.0. The van der Waals surface area contributed by atoms with Crippen LogP contribution in [0.4, 0.5) is 0 Å². The molecular weight excluding hydrogens is 211 g/mol. The fourth-order valence-corrected chi connectivity index (χ4v) is 2.34. The van der Waals surface area contributed by atoms with Crippen molar-refractivity contribution in [3.8, 4) is 0 Å². The maximum absolute atomic E-state index is 5.80. The zero-order valence-electron chi connectivity index (χ0n) is 4.71. The minimum Gasteiger partial charge on any atom is -0.0997 e. The van der Waals surface area contributed by atoms with E-state index < -0.39 is 4.33 Å². The molecule has 0 aromatic heterocycles. The smallest absolute Gasteiger partial charge is 0.0997 e. The van der Waals surface area contributed by atoms with Crippen LogP contribution < -0.4 is 0 Å². The van der Waals surface area contributed by atoms with Crippen molar-refractivity contribution in [3.63, 3.8) is 0 Å². The molecule has 1 aliphatic carbocycles. The van der Waals surface area contributed by atoms with Crippen LogP contribution in [-0.2, 0) is 0 Å². The van der Waals surface area contributed by atoms with Crippen LogP contribution in [0.2, 0.25) is 0 Å². The third kappa shape index (κ3) is 0.644. The van der Waals surface area contributed by atoms with Gasteiger partial charge >= 0.3 is 0 Å². The molecule has 1 rings (SSSR count). The van der Waals surface area contributed by atoms with Crippen molar-refractivity contribution >= 4 is 39.1 Å². The lowest BCUT2D eigenvalue weighted by Gasteiger charge is -1.98. The third-order valence-corrected chi connectivity index (χ3v) is 5.50. The molecule has 0 nitrogen and oxygen atoms in total. The quantitative estimate of drug-likeness (QED) is 0.548. The summed E-state index contributed by atoms with van der Waals surface area (Å²) in [5.74, 6) is 0. The molecular formula is C5H7BrCl2. The summed E-state index contributed by atoms with van der Waals surface area (Å²) < 4.78 is -0.535. The Bertz CT molecular complexity index is 106. The molecule has 1 atom stereocenters. The molecule has 8 heavy (non-hydrogen) atoms. The summed E-state index contributed by atoms with van der Waals surface area (Å²) in [7, 11) is 0. The topological polar surface area (TPSA) is 0 Å². The number of alkyl halides is 3. The average Bonchev–Trinajstić information content (AvgIpc) is 1.88. The first-order chi connectivity index (χ1) is 3.40. The van der Waals surface area contributed by atoms with Gasteiger partial charge < -0.3 is 0 Å². The molecule has 3 heteroatoms.